The van der Waals surface area contributed by atoms with E-state index in [0.29, 0.717) is 18.6 Å². The molecule has 2 rings (SSSR count). The third-order valence-electron chi connectivity index (χ3n) is 3.35. The van der Waals surface area contributed by atoms with E-state index in [1.54, 1.807) is 0 Å². The van der Waals surface area contributed by atoms with E-state index in [4.69, 9.17) is 0 Å². The molecule has 2 N–H and O–H groups in total. The van der Waals surface area contributed by atoms with Gasteiger partial charge in [-0.25, -0.2) is 13.2 Å². The largest absolute Gasteiger partial charge is 0.394 e. The molecule has 0 aliphatic rings. The molecule has 2 aromatic carbocycles. The first-order chi connectivity index (χ1) is 11.0. The van der Waals surface area contributed by atoms with Gasteiger partial charge in [-0.05, 0) is 18.1 Å². The lowest BCUT2D eigenvalue weighted by atomic mass is 10.1. The molecule has 0 saturated heterocycles. The lowest BCUT2D eigenvalue weighted by Crippen LogP contribution is -2.40. The monoisotopic (exact) mass is 323 g/mol. The minimum Gasteiger partial charge on any atom is -0.394 e. The van der Waals surface area contributed by atoms with E-state index >= 15 is 0 Å². The Morgan fingerprint density at radius 1 is 1.04 bits per heavy atom. The first-order valence-corrected chi connectivity index (χ1v) is 7.07. The van der Waals surface area contributed by atoms with Gasteiger partial charge in [-0.2, -0.15) is 0 Å². The first kappa shape index (κ1) is 17.0. The van der Waals surface area contributed by atoms with Crippen LogP contribution in [0.25, 0.3) is 0 Å². The lowest BCUT2D eigenvalue weighted by molar-refractivity contribution is -0.121. The Balaban J connectivity index is 1.99. The Labute approximate surface area is 131 Å². The number of hydrogen-bond donors (Lipinski definition) is 2. The summed E-state index contributed by atoms with van der Waals surface area (Å²) in [4.78, 5) is 11.9. The first-order valence-electron chi connectivity index (χ1n) is 7.07. The van der Waals surface area contributed by atoms with Crippen LogP contribution >= 0.6 is 0 Å². The second kappa shape index (κ2) is 7.78. The van der Waals surface area contributed by atoms with Crippen LogP contribution in [0.3, 0.4) is 0 Å². The molecule has 0 aliphatic carbocycles. The smallest absolute Gasteiger partial charge is 0.224 e. The highest BCUT2D eigenvalue weighted by Gasteiger charge is 2.16. The zero-order valence-electron chi connectivity index (χ0n) is 12.2. The molecule has 0 spiro atoms. The molecule has 0 fully saturated rings. The lowest BCUT2D eigenvalue weighted by Gasteiger charge is -2.16. The number of aliphatic hydroxyl groups excluding tert-OH is 1. The molecule has 1 amide bonds. The molecule has 0 aliphatic heterocycles. The van der Waals surface area contributed by atoms with Crippen LogP contribution in [0.5, 0.6) is 0 Å². The summed E-state index contributed by atoms with van der Waals surface area (Å²) in [5.41, 5.74) is 0.684. The van der Waals surface area contributed by atoms with Gasteiger partial charge < -0.3 is 10.4 Å². The summed E-state index contributed by atoms with van der Waals surface area (Å²) in [7, 11) is 0. The highest BCUT2D eigenvalue weighted by atomic mass is 19.2. The minimum absolute atomic E-state index is 0.238. The van der Waals surface area contributed by atoms with E-state index in [-0.39, 0.29) is 12.2 Å². The van der Waals surface area contributed by atoms with Crippen LogP contribution in [0.4, 0.5) is 13.2 Å². The highest BCUT2D eigenvalue weighted by molar-refractivity contribution is 5.79. The van der Waals surface area contributed by atoms with Crippen LogP contribution in [-0.4, -0.2) is 23.7 Å². The van der Waals surface area contributed by atoms with Gasteiger partial charge in [0.1, 0.15) is 5.82 Å². The van der Waals surface area contributed by atoms with Crippen molar-refractivity contribution in [3.63, 3.8) is 0 Å². The van der Waals surface area contributed by atoms with E-state index in [2.05, 4.69) is 5.32 Å². The van der Waals surface area contributed by atoms with Crippen molar-refractivity contribution >= 4 is 5.91 Å². The van der Waals surface area contributed by atoms with E-state index in [0.717, 1.165) is 5.56 Å². The fourth-order valence-corrected chi connectivity index (χ4v) is 2.21. The van der Waals surface area contributed by atoms with Gasteiger partial charge in [-0.3, -0.25) is 4.79 Å². The van der Waals surface area contributed by atoms with Gasteiger partial charge in [-0.15, -0.1) is 0 Å². The van der Waals surface area contributed by atoms with E-state index < -0.39 is 35.8 Å². The van der Waals surface area contributed by atoms with Crippen LogP contribution in [0, 0.1) is 17.5 Å². The Morgan fingerprint density at radius 3 is 2.35 bits per heavy atom. The summed E-state index contributed by atoms with van der Waals surface area (Å²) in [6.45, 7) is -0.291. The maximum Gasteiger partial charge on any atom is 0.224 e. The molecule has 0 aromatic heterocycles. The van der Waals surface area contributed by atoms with E-state index in [9.17, 15) is 23.1 Å². The normalized spacial score (nSPS) is 12.0. The maximum atomic E-state index is 13.5. The summed E-state index contributed by atoms with van der Waals surface area (Å²) < 4.78 is 39.5. The summed E-state index contributed by atoms with van der Waals surface area (Å²) in [6.07, 6.45) is -0.0301. The SMILES string of the molecule is O=C(Cc1cc(F)c(F)cc1F)N[C@H](CO)Cc1ccccc1. The number of benzene rings is 2. The molecule has 0 saturated carbocycles. The molecule has 6 heteroatoms. The zero-order valence-corrected chi connectivity index (χ0v) is 12.2. The maximum absolute atomic E-state index is 13.5. The Morgan fingerprint density at radius 2 is 1.70 bits per heavy atom. The average molecular weight is 323 g/mol. The number of carbonyl (C=O) groups excluding carboxylic acids is 1. The van der Waals surface area contributed by atoms with E-state index in [1.807, 2.05) is 30.3 Å². The summed E-state index contributed by atoms with van der Waals surface area (Å²) in [5, 5.41) is 11.9. The number of carbonyl (C=O) groups is 1. The van der Waals surface area contributed by atoms with Gasteiger partial charge >= 0.3 is 0 Å². The molecule has 0 heterocycles. The average Bonchev–Trinajstić information content (AvgIpc) is 2.53. The molecule has 122 valence electrons. The molecule has 0 bridgehead atoms. The van der Waals surface area contributed by atoms with Crippen molar-refractivity contribution in [2.45, 2.75) is 18.9 Å². The molecule has 0 unspecified atom stereocenters. The van der Waals surface area contributed by atoms with Gasteiger partial charge in [-0.1, -0.05) is 30.3 Å². The van der Waals surface area contributed by atoms with Gasteiger partial charge in [0.15, 0.2) is 11.6 Å². The van der Waals surface area contributed by atoms with Crippen molar-refractivity contribution in [3.05, 3.63) is 71.0 Å². The second-order valence-electron chi connectivity index (χ2n) is 5.17. The third kappa shape index (κ3) is 4.82. The van der Waals surface area contributed by atoms with Gasteiger partial charge in [0.25, 0.3) is 0 Å². The predicted molar refractivity (Wildman–Crippen MR) is 79.2 cm³/mol. The second-order valence-corrected chi connectivity index (χ2v) is 5.17. The van der Waals surface area contributed by atoms with Crippen LogP contribution in [-0.2, 0) is 17.6 Å². The summed E-state index contributed by atoms with van der Waals surface area (Å²) >= 11 is 0. The van der Waals surface area contributed by atoms with Crippen LogP contribution in [0.15, 0.2) is 42.5 Å². The summed E-state index contributed by atoms with van der Waals surface area (Å²) in [6, 6.07) is 9.75. The Bertz CT molecular complexity index is 677. The number of nitrogens with one attached hydrogen (secondary N) is 1. The Kier molecular flexibility index (Phi) is 5.76. The molecule has 3 nitrogen and oxygen atoms in total. The minimum atomic E-state index is -1.30. The van der Waals surface area contributed by atoms with Crippen molar-refractivity contribution < 1.29 is 23.1 Å². The molecule has 23 heavy (non-hydrogen) atoms. The van der Waals surface area contributed by atoms with Crippen LogP contribution < -0.4 is 5.32 Å². The summed E-state index contributed by atoms with van der Waals surface area (Å²) in [5.74, 6) is -4.08. The molecular formula is C17H16F3NO2. The number of hydrogen-bond acceptors (Lipinski definition) is 2. The van der Waals surface area contributed by atoms with Crippen LogP contribution in [0.2, 0.25) is 0 Å². The topological polar surface area (TPSA) is 49.3 Å². The van der Waals surface area contributed by atoms with Gasteiger partial charge in [0, 0.05) is 11.6 Å². The number of aliphatic hydroxyl groups is 1. The van der Waals surface area contributed by atoms with E-state index in [1.165, 1.54) is 0 Å². The van der Waals surface area contributed by atoms with Crippen molar-refractivity contribution in [2.75, 3.05) is 6.61 Å². The van der Waals surface area contributed by atoms with Gasteiger partial charge in [0.05, 0.1) is 19.1 Å². The van der Waals surface area contributed by atoms with Crippen molar-refractivity contribution in [1.29, 1.82) is 0 Å². The highest BCUT2D eigenvalue weighted by Crippen LogP contribution is 2.14. The molecule has 2 aromatic rings. The third-order valence-corrected chi connectivity index (χ3v) is 3.35. The standard InChI is InChI=1S/C17H16F3NO2/c18-14-9-16(20)15(19)7-12(14)8-17(23)21-13(10-22)6-11-4-2-1-3-5-11/h1-5,7,9,13,22H,6,8,10H2,(H,21,23)/t13-/m0/s1. The van der Waals surface area contributed by atoms with Gasteiger partial charge in [0.2, 0.25) is 5.91 Å². The Hall–Kier alpha value is -2.34. The van der Waals surface area contributed by atoms with Crippen molar-refractivity contribution in [2.24, 2.45) is 0 Å². The number of halogens is 3. The molecule has 1 atom stereocenters. The predicted octanol–water partition coefficient (Wildman–Crippen LogP) is 2.37. The fourth-order valence-electron chi connectivity index (χ4n) is 2.21. The van der Waals surface area contributed by atoms with Crippen molar-refractivity contribution in [3.8, 4) is 0 Å². The quantitative estimate of drug-likeness (QED) is 0.802. The molecule has 0 radical (unpaired) electrons. The number of amides is 1. The fraction of sp³-hybridized carbons (Fsp3) is 0.235. The zero-order chi connectivity index (χ0) is 16.8. The van der Waals surface area contributed by atoms with Crippen molar-refractivity contribution in [1.82, 2.24) is 5.32 Å². The van der Waals surface area contributed by atoms with Crippen LogP contribution in [0.1, 0.15) is 11.1 Å². The number of rotatable bonds is 6. The molecular weight excluding hydrogens is 307 g/mol.